The van der Waals surface area contributed by atoms with Gasteiger partial charge in [0.25, 0.3) is 5.91 Å². The van der Waals surface area contributed by atoms with E-state index < -0.39 is 18.6 Å². The summed E-state index contributed by atoms with van der Waals surface area (Å²) >= 11 is 0. The topological polar surface area (TPSA) is 87.7 Å². The molecule has 6 heteroatoms. The summed E-state index contributed by atoms with van der Waals surface area (Å²) in [5.74, 6) is -0.951. The van der Waals surface area contributed by atoms with E-state index in [1.165, 1.54) is 0 Å². The molecular weight excluding hydrogens is 308 g/mol. The third kappa shape index (κ3) is 5.83. The maximum atomic E-state index is 11.9. The zero-order valence-corrected chi connectivity index (χ0v) is 13.1. The Morgan fingerprint density at radius 2 is 1.54 bits per heavy atom. The van der Waals surface area contributed by atoms with Crippen LogP contribution >= 0.6 is 0 Å². The SMILES string of the molecule is O=C(Cc1ccccc1)N[C@@H](CO)C(=O)NOCc1ccccc1. The fourth-order valence-electron chi connectivity index (χ4n) is 2.06. The van der Waals surface area contributed by atoms with Crippen molar-refractivity contribution < 1.29 is 19.5 Å². The third-order valence-corrected chi connectivity index (χ3v) is 3.30. The van der Waals surface area contributed by atoms with Crippen molar-refractivity contribution in [3.05, 3.63) is 71.8 Å². The lowest BCUT2D eigenvalue weighted by Gasteiger charge is -2.16. The molecule has 0 saturated carbocycles. The summed E-state index contributed by atoms with van der Waals surface area (Å²) in [6.45, 7) is -0.316. The van der Waals surface area contributed by atoms with E-state index in [0.29, 0.717) is 0 Å². The molecule has 0 heterocycles. The number of aliphatic hydroxyl groups is 1. The monoisotopic (exact) mass is 328 g/mol. The van der Waals surface area contributed by atoms with Crippen LogP contribution in [-0.2, 0) is 27.5 Å². The first-order chi connectivity index (χ1) is 11.7. The first kappa shape index (κ1) is 17.7. The second kappa shape index (κ2) is 9.44. The van der Waals surface area contributed by atoms with Crippen LogP contribution in [0.3, 0.4) is 0 Å². The molecule has 0 spiro atoms. The first-order valence-electron chi connectivity index (χ1n) is 7.58. The van der Waals surface area contributed by atoms with Crippen molar-refractivity contribution in [3.8, 4) is 0 Å². The predicted molar refractivity (Wildman–Crippen MR) is 88.5 cm³/mol. The molecule has 0 aromatic heterocycles. The van der Waals surface area contributed by atoms with Gasteiger partial charge in [-0.05, 0) is 11.1 Å². The van der Waals surface area contributed by atoms with Gasteiger partial charge in [0.1, 0.15) is 6.04 Å². The highest BCUT2D eigenvalue weighted by molar-refractivity contribution is 5.87. The molecule has 0 radical (unpaired) electrons. The summed E-state index contributed by atoms with van der Waals surface area (Å²) in [4.78, 5) is 29.0. The van der Waals surface area contributed by atoms with Crippen molar-refractivity contribution in [1.82, 2.24) is 10.8 Å². The van der Waals surface area contributed by atoms with E-state index in [9.17, 15) is 14.7 Å². The van der Waals surface area contributed by atoms with Crippen molar-refractivity contribution >= 4 is 11.8 Å². The Hall–Kier alpha value is -2.70. The zero-order valence-electron chi connectivity index (χ0n) is 13.1. The Kier molecular flexibility index (Phi) is 6.94. The molecule has 0 aliphatic heterocycles. The van der Waals surface area contributed by atoms with Gasteiger partial charge in [-0.1, -0.05) is 60.7 Å². The minimum Gasteiger partial charge on any atom is -0.394 e. The Morgan fingerprint density at radius 3 is 2.12 bits per heavy atom. The molecule has 0 bridgehead atoms. The molecule has 0 aliphatic rings. The molecule has 1 atom stereocenters. The summed E-state index contributed by atoms with van der Waals surface area (Å²) < 4.78 is 0. The van der Waals surface area contributed by atoms with Crippen LogP contribution in [0.2, 0.25) is 0 Å². The molecule has 0 fully saturated rings. The molecule has 0 saturated heterocycles. The number of amides is 2. The highest BCUT2D eigenvalue weighted by atomic mass is 16.6. The number of benzene rings is 2. The number of hydroxylamine groups is 1. The summed E-state index contributed by atoms with van der Waals surface area (Å²) in [6, 6.07) is 17.4. The van der Waals surface area contributed by atoms with Crippen molar-refractivity contribution in [2.24, 2.45) is 0 Å². The van der Waals surface area contributed by atoms with Crippen LogP contribution in [0.1, 0.15) is 11.1 Å². The van der Waals surface area contributed by atoms with Crippen molar-refractivity contribution in [3.63, 3.8) is 0 Å². The minimum atomic E-state index is -1.06. The lowest BCUT2D eigenvalue weighted by atomic mass is 10.1. The van der Waals surface area contributed by atoms with Gasteiger partial charge in [0.15, 0.2) is 0 Å². The number of hydrogen-bond acceptors (Lipinski definition) is 4. The van der Waals surface area contributed by atoms with E-state index in [1.54, 1.807) is 0 Å². The minimum absolute atomic E-state index is 0.134. The molecule has 2 amide bonds. The summed E-state index contributed by atoms with van der Waals surface area (Å²) in [5, 5.41) is 11.8. The van der Waals surface area contributed by atoms with E-state index >= 15 is 0 Å². The Balaban J connectivity index is 1.77. The third-order valence-electron chi connectivity index (χ3n) is 3.30. The zero-order chi connectivity index (χ0) is 17.2. The molecule has 0 aliphatic carbocycles. The van der Waals surface area contributed by atoms with E-state index in [2.05, 4.69) is 10.8 Å². The predicted octanol–water partition coefficient (Wildman–Crippen LogP) is 0.954. The van der Waals surface area contributed by atoms with Gasteiger partial charge in [0.2, 0.25) is 5.91 Å². The summed E-state index contributed by atoms with van der Waals surface area (Å²) in [7, 11) is 0. The fraction of sp³-hybridized carbons (Fsp3) is 0.222. The van der Waals surface area contributed by atoms with Crippen LogP contribution in [-0.4, -0.2) is 29.6 Å². The number of nitrogens with one attached hydrogen (secondary N) is 2. The lowest BCUT2D eigenvalue weighted by Crippen LogP contribution is -2.49. The normalized spacial score (nSPS) is 11.5. The molecule has 24 heavy (non-hydrogen) atoms. The van der Waals surface area contributed by atoms with Crippen molar-refractivity contribution in [1.29, 1.82) is 0 Å². The van der Waals surface area contributed by atoms with Crippen LogP contribution in [0.15, 0.2) is 60.7 Å². The number of aliphatic hydroxyl groups excluding tert-OH is 1. The van der Waals surface area contributed by atoms with Gasteiger partial charge in [-0.3, -0.25) is 14.4 Å². The maximum absolute atomic E-state index is 11.9. The van der Waals surface area contributed by atoms with E-state index in [4.69, 9.17) is 4.84 Å². The van der Waals surface area contributed by atoms with Gasteiger partial charge in [-0.2, -0.15) is 0 Å². The smallest absolute Gasteiger partial charge is 0.268 e. The number of carbonyl (C=O) groups excluding carboxylic acids is 2. The van der Waals surface area contributed by atoms with Crippen LogP contribution in [0.25, 0.3) is 0 Å². The van der Waals surface area contributed by atoms with E-state index in [0.717, 1.165) is 11.1 Å². The van der Waals surface area contributed by atoms with Gasteiger partial charge in [-0.25, -0.2) is 5.48 Å². The standard InChI is InChI=1S/C18H20N2O4/c21-12-16(19-17(22)11-14-7-3-1-4-8-14)18(23)20-24-13-15-9-5-2-6-10-15/h1-10,16,21H,11-13H2,(H,19,22)(H,20,23)/t16-/m0/s1. The largest absolute Gasteiger partial charge is 0.394 e. The fourth-order valence-corrected chi connectivity index (χ4v) is 2.06. The Morgan fingerprint density at radius 1 is 0.958 bits per heavy atom. The molecule has 6 nitrogen and oxygen atoms in total. The van der Waals surface area contributed by atoms with Crippen molar-refractivity contribution in [2.45, 2.75) is 19.1 Å². The summed E-state index contributed by atoms with van der Waals surface area (Å²) in [6.07, 6.45) is 0.134. The van der Waals surface area contributed by atoms with Gasteiger partial charge < -0.3 is 10.4 Å². The van der Waals surface area contributed by atoms with Gasteiger partial charge in [-0.15, -0.1) is 0 Å². The molecule has 0 unspecified atom stereocenters. The number of carbonyl (C=O) groups is 2. The maximum Gasteiger partial charge on any atom is 0.268 e. The molecule has 126 valence electrons. The lowest BCUT2D eigenvalue weighted by molar-refractivity contribution is -0.140. The quantitative estimate of drug-likeness (QED) is 0.630. The Bertz CT molecular complexity index is 647. The highest BCUT2D eigenvalue weighted by Gasteiger charge is 2.20. The van der Waals surface area contributed by atoms with Crippen LogP contribution < -0.4 is 10.8 Å². The summed E-state index contributed by atoms with van der Waals surface area (Å²) in [5.41, 5.74) is 3.96. The van der Waals surface area contributed by atoms with E-state index in [1.807, 2.05) is 60.7 Å². The van der Waals surface area contributed by atoms with Crippen molar-refractivity contribution in [2.75, 3.05) is 6.61 Å². The van der Waals surface area contributed by atoms with Crippen LogP contribution in [0.5, 0.6) is 0 Å². The molecule has 2 aromatic rings. The van der Waals surface area contributed by atoms with Crippen LogP contribution in [0.4, 0.5) is 0 Å². The average molecular weight is 328 g/mol. The first-order valence-corrected chi connectivity index (χ1v) is 7.58. The second-order valence-corrected chi connectivity index (χ2v) is 5.21. The second-order valence-electron chi connectivity index (χ2n) is 5.21. The van der Waals surface area contributed by atoms with Gasteiger partial charge >= 0.3 is 0 Å². The Labute approximate surface area is 140 Å². The van der Waals surface area contributed by atoms with Gasteiger partial charge in [0, 0.05) is 0 Å². The molecular formula is C18H20N2O4. The molecule has 2 rings (SSSR count). The van der Waals surface area contributed by atoms with E-state index in [-0.39, 0.29) is 18.9 Å². The number of rotatable bonds is 8. The van der Waals surface area contributed by atoms with Gasteiger partial charge in [0.05, 0.1) is 19.6 Å². The molecule has 3 N–H and O–H groups in total. The molecule has 2 aromatic carbocycles. The van der Waals surface area contributed by atoms with Crippen LogP contribution in [0, 0.1) is 0 Å². The number of hydrogen-bond donors (Lipinski definition) is 3. The highest BCUT2D eigenvalue weighted by Crippen LogP contribution is 2.01. The average Bonchev–Trinajstić information content (AvgIpc) is 2.61.